The third kappa shape index (κ3) is 3.05. The highest BCUT2D eigenvalue weighted by molar-refractivity contribution is 7.84. The maximum absolute atomic E-state index is 12.4. The Morgan fingerprint density at radius 3 is 2.60 bits per heavy atom. The van der Waals surface area contributed by atoms with Crippen LogP contribution in [-0.2, 0) is 16.6 Å². The van der Waals surface area contributed by atoms with Gasteiger partial charge in [0.25, 0.3) is 0 Å². The van der Waals surface area contributed by atoms with Crippen LogP contribution in [0, 0.1) is 6.92 Å². The molecule has 0 aliphatic rings. The van der Waals surface area contributed by atoms with Gasteiger partial charge < -0.3 is 11.5 Å². The van der Waals surface area contributed by atoms with Crippen molar-refractivity contribution in [1.82, 2.24) is 0 Å². The number of carbonyl (C=O) groups excluding carboxylic acids is 1. The molecule has 1 amide bonds. The fraction of sp³-hybridized carbons (Fsp3) is 0.133. The van der Waals surface area contributed by atoms with E-state index in [2.05, 4.69) is 0 Å². The average Bonchev–Trinajstić information content (AvgIpc) is 2.42. The minimum absolute atomic E-state index is 0.325. The molecular weight excluding hydrogens is 272 g/mol. The SMILES string of the molecule is Cc1c(N)cccc1S(=O)Cc1cccc(C(N)=O)c1. The molecule has 0 saturated heterocycles. The lowest BCUT2D eigenvalue weighted by atomic mass is 10.1. The maximum atomic E-state index is 12.4. The molecule has 0 saturated carbocycles. The molecule has 0 heterocycles. The predicted molar refractivity (Wildman–Crippen MR) is 80.7 cm³/mol. The van der Waals surface area contributed by atoms with Crippen molar-refractivity contribution >= 4 is 22.4 Å². The summed E-state index contributed by atoms with van der Waals surface area (Å²) in [6.07, 6.45) is 0. The number of amides is 1. The molecule has 2 aromatic rings. The van der Waals surface area contributed by atoms with Crippen molar-refractivity contribution in [3.63, 3.8) is 0 Å². The zero-order valence-corrected chi connectivity index (χ0v) is 11.9. The van der Waals surface area contributed by atoms with Gasteiger partial charge in [-0.3, -0.25) is 9.00 Å². The van der Waals surface area contributed by atoms with Crippen LogP contribution in [0.3, 0.4) is 0 Å². The molecule has 0 bridgehead atoms. The van der Waals surface area contributed by atoms with E-state index in [-0.39, 0.29) is 0 Å². The van der Waals surface area contributed by atoms with Crippen LogP contribution >= 0.6 is 0 Å². The van der Waals surface area contributed by atoms with Crippen LogP contribution in [0.4, 0.5) is 5.69 Å². The lowest BCUT2D eigenvalue weighted by Gasteiger charge is -2.08. The predicted octanol–water partition coefficient (Wildman–Crippen LogP) is 1.98. The Bertz CT molecular complexity index is 683. The molecule has 5 heteroatoms. The van der Waals surface area contributed by atoms with Gasteiger partial charge in [-0.1, -0.05) is 18.2 Å². The molecule has 4 nitrogen and oxygen atoms in total. The molecule has 0 spiro atoms. The van der Waals surface area contributed by atoms with E-state index >= 15 is 0 Å². The summed E-state index contributed by atoms with van der Waals surface area (Å²) in [5.74, 6) is -0.163. The highest BCUT2D eigenvalue weighted by Crippen LogP contribution is 2.21. The number of rotatable bonds is 4. The first-order valence-electron chi connectivity index (χ1n) is 6.11. The molecule has 104 valence electrons. The number of hydrogen-bond donors (Lipinski definition) is 2. The van der Waals surface area contributed by atoms with Gasteiger partial charge in [-0.25, -0.2) is 0 Å². The first-order chi connectivity index (χ1) is 9.49. The van der Waals surface area contributed by atoms with Crippen LogP contribution in [0.5, 0.6) is 0 Å². The monoisotopic (exact) mass is 288 g/mol. The topological polar surface area (TPSA) is 86.2 Å². The van der Waals surface area contributed by atoms with E-state index in [0.717, 1.165) is 16.0 Å². The Labute approximate surface area is 120 Å². The second-order valence-corrected chi connectivity index (χ2v) is 5.94. The molecular formula is C15H16N2O2S. The first kappa shape index (κ1) is 14.3. The number of nitrogen functional groups attached to an aromatic ring is 1. The van der Waals surface area contributed by atoms with Gasteiger partial charge in [-0.05, 0) is 42.3 Å². The zero-order valence-electron chi connectivity index (χ0n) is 11.1. The van der Waals surface area contributed by atoms with Crippen LogP contribution in [0.25, 0.3) is 0 Å². The van der Waals surface area contributed by atoms with Crippen molar-refractivity contribution in [2.45, 2.75) is 17.6 Å². The summed E-state index contributed by atoms with van der Waals surface area (Å²) < 4.78 is 12.4. The molecule has 20 heavy (non-hydrogen) atoms. The molecule has 0 aliphatic carbocycles. The third-order valence-corrected chi connectivity index (χ3v) is 4.61. The quantitative estimate of drug-likeness (QED) is 0.843. The summed E-state index contributed by atoms with van der Waals surface area (Å²) in [4.78, 5) is 11.9. The van der Waals surface area contributed by atoms with Gasteiger partial charge in [-0.2, -0.15) is 0 Å². The fourth-order valence-electron chi connectivity index (χ4n) is 1.92. The summed E-state index contributed by atoms with van der Waals surface area (Å²) in [5.41, 5.74) is 13.7. The number of anilines is 1. The third-order valence-electron chi connectivity index (χ3n) is 3.08. The van der Waals surface area contributed by atoms with Gasteiger partial charge in [0.15, 0.2) is 0 Å². The molecule has 0 aliphatic heterocycles. The molecule has 1 unspecified atom stereocenters. The van der Waals surface area contributed by atoms with Crippen molar-refractivity contribution < 1.29 is 9.00 Å². The smallest absolute Gasteiger partial charge is 0.248 e. The number of benzene rings is 2. The van der Waals surface area contributed by atoms with Gasteiger partial charge >= 0.3 is 0 Å². The number of nitrogens with two attached hydrogens (primary N) is 2. The van der Waals surface area contributed by atoms with Crippen molar-refractivity contribution in [2.75, 3.05) is 5.73 Å². The summed E-state index contributed by atoms with van der Waals surface area (Å²) in [5, 5.41) is 0. The maximum Gasteiger partial charge on any atom is 0.248 e. The number of carbonyl (C=O) groups is 1. The standard InChI is InChI=1S/C15H16N2O2S/c1-10-13(16)6-3-7-14(10)20(19)9-11-4-2-5-12(8-11)15(17)18/h2-8H,9,16H2,1H3,(H2,17,18). The van der Waals surface area contributed by atoms with E-state index in [0.29, 0.717) is 17.0 Å². The highest BCUT2D eigenvalue weighted by Gasteiger charge is 2.11. The van der Waals surface area contributed by atoms with E-state index in [1.807, 2.05) is 13.0 Å². The van der Waals surface area contributed by atoms with Crippen LogP contribution in [0.15, 0.2) is 47.4 Å². The lowest BCUT2D eigenvalue weighted by Crippen LogP contribution is -2.11. The van der Waals surface area contributed by atoms with E-state index in [4.69, 9.17) is 11.5 Å². The van der Waals surface area contributed by atoms with Crippen molar-refractivity contribution in [3.8, 4) is 0 Å². The number of primary amides is 1. The minimum Gasteiger partial charge on any atom is -0.398 e. The van der Waals surface area contributed by atoms with E-state index in [1.54, 1.807) is 36.4 Å². The zero-order chi connectivity index (χ0) is 14.7. The normalized spacial score (nSPS) is 12.1. The summed E-state index contributed by atoms with van der Waals surface area (Å²) in [6, 6.07) is 12.2. The molecule has 0 radical (unpaired) electrons. The summed E-state index contributed by atoms with van der Waals surface area (Å²) >= 11 is 0. The van der Waals surface area contributed by atoms with Gasteiger partial charge in [0.1, 0.15) is 0 Å². The highest BCUT2D eigenvalue weighted by atomic mass is 32.2. The van der Waals surface area contributed by atoms with E-state index in [1.165, 1.54) is 0 Å². The van der Waals surface area contributed by atoms with Gasteiger partial charge in [0.05, 0.1) is 16.6 Å². The van der Waals surface area contributed by atoms with Crippen LogP contribution in [-0.4, -0.2) is 10.1 Å². The molecule has 4 N–H and O–H groups in total. The Balaban J connectivity index is 2.26. The first-order valence-corrected chi connectivity index (χ1v) is 7.43. The van der Waals surface area contributed by atoms with Crippen molar-refractivity contribution in [2.24, 2.45) is 5.73 Å². The van der Waals surface area contributed by atoms with Gasteiger partial charge in [0.2, 0.25) is 5.91 Å². The Kier molecular flexibility index (Phi) is 4.20. The summed E-state index contributed by atoms with van der Waals surface area (Å²) in [7, 11) is -1.21. The van der Waals surface area contributed by atoms with Crippen molar-refractivity contribution in [1.29, 1.82) is 0 Å². The molecule has 0 fully saturated rings. The van der Waals surface area contributed by atoms with Crippen LogP contribution < -0.4 is 11.5 Å². The lowest BCUT2D eigenvalue weighted by molar-refractivity contribution is 0.1000. The van der Waals surface area contributed by atoms with Gasteiger partial charge in [-0.15, -0.1) is 0 Å². The largest absolute Gasteiger partial charge is 0.398 e. The number of hydrogen-bond acceptors (Lipinski definition) is 3. The Morgan fingerprint density at radius 2 is 1.90 bits per heavy atom. The second-order valence-electron chi connectivity index (χ2n) is 4.52. The van der Waals surface area contributed by atoms with E-state index < -0.39 is 16.7 Å². The molecule has 2 rings (SSSR count). The van der Waals surface area contributed by atoms with E-state index in [9.17, 15) is 9.00 Å². The van der Waals surface area contributed by atoms with Crippen molar-refractivity contribution in [3.05, 3.63) is 59.2 Å². The minimum atomic E-state index is -1.21. The fourth-order valence-corrected chi connectivity index (χ4v) is 3.25. The van der Waals surface area contributed by atoms with Crippen LogP contribution in [0.2, 0.25) is 0 Å². The Morgan fingerprint density at radius 1 is 1.20 bits per heavy atom. The average molecular weight is 288 g/mol. The van der Waals surface area contributed by atoms with Gasteiger partial charge in [0, 0.05) is 16.1 Å². The molecule has 0 aromatic heterocycles. The second kappa shape index (κ2) is 5.88. The molecule has 1 atom stereocenters. The Hall–Kier alpha value is -2.14. The van der Waals surface area contributed by atoms with Crippen LogP contribution in [0.1, 0.15) is 21.5 Å². The molecule has 2 aromatic carbocycles. The summed E-state index contributed by atoms with van der Waals surface area (Å²) in [6.45, 7) is 1.85.